The van der Waals surface area contributed by atoms with Gasteiger partial charge in [-0.2, -0.15) is 0 Å². The van der Waals surface area contributed by atoms with E-state index in [-0.39, 0.29) is 0 Å². The monoisotopic (exact) mass is 174 g/mol. The van der Waals surface area contributed by atoms with Crippen molar-refractivity contribution in [1.29, 1.82) is 0 Å². The topological polar surface area (TPSA) is 24.8 Å². The SMILES string of the molecule is C=C1OC(c2ccccc2)=NN1C. The molecule has 1 heterocycles. The first-order valence-corrected chi connectivity index (χ1v) is 4.02. The molecule has 0 saturated heterocycles. The molecule has 0 atom stereocenters. The Morgan fingerprint density at radius 1 is 1.31 bits per heavy atom. The van der Waals surface area contributed by atoms with E-state index in [1.54, 1.807) is 12.1 Å². The smallest absolute Gasteiger partial charge is 0.245 e. The van der Waals surface area contributed by atoms with Gasteiger partial charge in [0.2, 0.25) is 11.8 Å². The molecule has 1 aliphatic heterocycles. The molecule has 13 heavy (non-hydrogen) atoms. The molecule has 0 aromatic heterocycles. The number of hydrogen-bond acceptors (Lipinski definition) is 3. The molecule has 0 N–H and O–H groups in total. The zero-order valence-corrected chi connectivity index (χ0v) is 7.40. The van der Waals surface area contributed by atoms with Gasteiger partial charge in [0.1, 0.15) is 0 Å². The van der Waals surface area contributed by atoms with Crippen molar-refractivity contribution in [3.63, 3.8) is 0 Å². The second-order valence-corrected chi connectivity index (χ2v) is 2.79. The first-order valence-electron chi connectivity index (χ1n) is 4.02. The lowest BCUT2D eigenvalue weighted by Gasteiger charge is -2.02. The summed E-state index contributed by atoms with van der Waals surface area (Å²) >= 11 is 0. The van der Waals surface area contributed by atoms with Gasteiger partial charge in [-0.05, 0) is 18.7 Å². The molecule has 1 aromatic rings. The fraction of sp³-hybridized carbons (Fsp3) is 0.100. The third-order valence-corrected chi connectivity index (χ3v) is 1.84. The molecule has 0 fully saturated rings. The first-order chi connectivity index (χ1) is 6.27. The molecule has 0 aliphatic carbocycles. The van der Waals surface area contributed by atoms with Crippen LogP contribution in [0, 0.1) is 0 Å². The third kappa shape index (κ3) is 1.40. The maximum absolute atomic E-state index is 5.34. The second kappa shape index (κ2) is 2.94. The maximum Gasteiger partial charge on any atom is 0.245 e. The summed E-state index contributed by atoms with van der Waals surface area (Å²) in [4.78, 5) is 0. The van der Waals surface area contributed by atoms with Gasteiger partial charge >= 0.3 is 0 Å². The van der Waals surface area contributed by atoms with Crippen LogP contribution >= 0.6 is 0 Å². The molecule has 0 saturated carbocycles. The Morgan fingerprint density at radius 2 is 2.00 bits per heavy atom. The van der Waals surface area contributed by atoms with E-state index >= 15 is 0 Å². The lowest BCUT2D eigenvalue weighted by atomic mass is 10.2. The predicted octanol–water partition coefficient (Wildman–Crippen LogP) is 1.78. The second-order valence-electron chi connectivity index (χ2n) is 2.79. The van der Waals surface area contributed by atoms with Crippen molar-refractivity contribution in [1.82, 2.24) is 5.01 Å². The average molecular weight is 174 g/mol. The van der Waals surface area contributed by atoms with Crippen molar-refractivity contribution in [3.05, 3.63) is 48.4 Å². The van der Waals surface area contributed by atoms with Crippen LogP contribution in [-0.4, -0.2) is 18.0 Å². The molecular formula is C10H10N2O. The summed E-state index contributed by atoms with van der Waals surface area (Å²) in [6, 6.07) is 9.75. The van der Waals surface area contributed by atoms with Crippen LogP contribution in [0.3, 0.4) is 0 Å². The molecule has 1 aliphatic rings. The number of hydrazone groups is 1. The molecule has 2 rings (SSSR count). The van der Waals surface area contributed by atoms with Crippen LogP contribution < -0.4 is 0 Å². The predicted molar refractivity (Wildman–Crippen MR) is 51.0 cm³/mol. The van der Waals surface area contributed by atoms with Crippen molar-refractivity contribution >= 4 is 5.90 Å². The van der Waals surface area contributed by atoms with Gasteiger partial charge in [0.25, 0.3) is 0 Å². The van der Waals surface area contributed by atoms with E-state index < -0.39 is 0 Å². The highest BCUT2D eigenvalue weighted by molar-refractivity contribution is 5.95. The van der Waals surface area contributed by atoms with Crippen molar-refractivity contribution in [3.8, 4) is 0 Å². The Balaban J connectivity index is 2.30. The molecule has 0 bridgehead atoms. The van der Waals surface area contributed by atoms with Crippen molar-refractivity contribution in [2.75, 3.05) is 7.05 Å². The Kier molecular flexibility index (Phi) is 1.77. The highest BCUT2D eigenvalue weighted by Gasteiger charge is 2.17. The Hall–Kier alpha value is -1.77. The molecule has 0 unspecified atom stereocenters. The van der Waals surface area contributed by atoms with E-state index in [0.29, 0.717) is 11.8 Å². The molecule has 0 spiro atoms. The van der Waals surface area contributed by atoms with Crippen LogP contribution in [0.4, 0.5) is 0 Å². The summed E-state index contributed by atoms with van der Waals surface area (Å²) < 4.78 is 5.34. The molecule has 3 heteroatoms. The quantitative estimate of drug-likeness (QED) is 0.648. The standard InChI is InChI=1S/C10H10N2O/c1-8-12(2)11-10(13-8)9-6-4-3-5-7-9/h3-7H,1H2,2H3. The highest BCUT2D eigenvalue weighted by Crippen LogP contribution is 2.16. The van der Waals surface area contributed by atoms with Gasteiger partial charge in [0, 0.05) is 12.6 Å². The minimum Gasteiger partial charge on any atom is -0.419 e. The normalized spacial score (nSPS) is 15.6. The van der Waals surface area contributed by atoms with Crippen LogP contribution in [0.1, 0.15) is 5.56 Å². The van der Waals surface area contributed by atoms with Crippen LogP contribution in [0.5, 0.6) is 0 Å². The van der Waals surface area contributed by atoms with Crippen LogP contribution in [0.2, 0.25) is 0 Å². The van der Waals surface area contributed by atoms with E-state index in [1.165, 1.54) is 0 Å². The molecule has 3 nitrogen and oxygen atoms in total. The van der Waals surface area contributed by atoms with Crippen molar-refractivity contribution in [2.24, 2.45) is 5.10 Å². The summed E-state index contributed by atoms with van der Waals surface area (Å²) in [6.45, 7) is 3.70. The summed E-state index contributed by atoms with van der Waals surface area (Å²) in [5, 5.41) is 5.78. The Bertz CT molecular complexity index is 356. The lowest BCUT2D eigenvalue weighted by molar-refractivity contribution is 0.308. The van der Waals surface area contributed by atoms with Gasteiger partial charge in [-0.15, -0.1) is 5.10 Å². The maximum atomic E-state index is 5.34. The largest absolute Gasteiger partial charge is 0.419 e. The van der Waals surface area contributed by atoms with Gasteiger partial charge in [-0.1, -0.05) is 18.2 Å². The van der Waals surface area contributed by atoms with Gasteiger partial charge in [0.15, 0.2) is 0 Å². The van der Waals surface area contributed by atoms with Gasteiger partial charge in [-0.25, -0.2) is 5.01 Å². The average Bonchev–Trinajstić information content (AvgIpc) is 2.49. The van der Waals surface area contributed by atoms with Gasteiger partial charge in [0.05, 0.1) is 0 Å². The number of rotatable bonds is 1. The highest BCUT2D eigenvalue weighted by atomic mass is 16.5. The minimum absolute atomic E-state index is 0.554. The molecule has 0 radical (unpaired) electrons. The zero-order valence-electron chi connectivity index (χ0n) is 7.40. The number of nitrogens with zero attached hydrogens (tertiary/aromatic N) is 2. The van der Waals surface area contributed by atoms with Crippen LogP contribution in [0.15, 0.2) is 47.9 Å². The van der Waals surface area contributed by atoms with Crippen molar-refractivity contribution < 1.29 is 4.74 Å². The fourth-order valence-corrected chi connectivity index (χ4v) is 1.09. The van der Waals surface area contributed by atoms with E-state index in [9.17, 15) is 0 Å². The fourth-order valence-electron chi connectivity index (χ4n) is 1.09. The summed E-state index contributed by atoms with van der Waals surface area (Å²) in [6.07, 6.45) is 0. The minimum atomic E-state index is 0.554. The van der Waals surface area contributed by atoms with E-state index in [4.69, 9.17) is 4.74 Å². The lowest BCUT2D eigenvalue weighted by Crippen LogP contribution is -2.02. The summed E-state index contributed by atoms with van der Waals surface area (Å²) in [7, 11) is 1.80. The van der Waals surface area contributed by atoms with E-state index in [0.717, 1.165) is 5.56 Å². The first kappa shape index (κ1) is 7.86. The van der Waals surface area contributed by atoms with Crippen molar-refractivity contribution in [2.45, 2.75) is 0 Å². The molecular weight excluding hydrogens is 164 g/mol. The number of hydrogen-bond donors (Lipinski definition) is 0. The summed E-state index contributed by atoms with van der Waals surface area (Å²) in [5.74, 6) is 1.16. The Morgan fingerprint density at radius 3 is 2.54 bits per heavy atom. The molecule has 0 amide bonds. The zero-order chi connectivity index (χ0) is 9.26. The Labute approximate surface area is 76.9 Å². The van der Waals surface area contributed by atoms with Crippen LogP contribution in [0.25, 0.3) is 0 Å². The molecule has 66 valence electrons. The summed E-state index contributed by atoms with van der Waals surface area (Å²) in [5.41, 5.74) is 0.966. The number of ether oxygens (including phenoxy) is 1. The van der Waals surface area contributed by atoms with Gasteiger partial charge < -0.3 is 4.74 Å². The van der Waals surface area contributed by atoms with E-state index in [1.807, 2.05) is 30.3 Å². The van der Waals surface area contributed by atoms with Crippen LogP contribution in [-0.2, 0) is 4.74 Å². The van der Waals surface area contributed by atoms with Gasteiger partial charge in [-0.3, -0.25) is 0 Å². The van der Waals surface area contributed by atoms with E-state index in [2.05, 4.69) is 11.7 Å². The number of benzene rings is 1. The molecule has 1 aromatic carbocycles. The third-order valence-electron chi connectivity index (χ3n) is 1.84.